The lowest BCUT2D eigenvalue weighted by atomic mass is 9.84. The average molecular weight is 584 g/mol. The number of fused-ring (bicyclic) bond motifs is 2. The number of hydrogen-bond donors (Lipinski definition) is 4. The highest BCUT2D eigenvalue weighted by Gasteiger charge is 2.33. The molecule has 5 N–H and O–H groups in total. The van der Waals surface area contributed by atoms with Crippen molar-refractivity contribution in [3.8, 4) is 0 Å². The molecule has 0 saturated carbocycles. The van der Waals surface area contributed by atoms with E-state index in [0.717, 1.165) is 11.6 Å². The summed E-state index contributed by atoms with van der Waals surface area (Å²) in [7, 11) is 3.02. The quantitative estimate of drug-likeness (QED) is 0.263. The molecule has 0 aromatic carbocycles. The van der Waals surface area contributed by atoms with Gasteiger partial charge in [-0.1, -0.05) is 49.8 Å². The molecule has 10 nitrogen and oxygen atoms in total. The van der Waals surface area contributed by atoms with Crippen LogP contribution in [0.15, 0.2) is 71.1 Å². The van der Waals surface area contributed by atoms with E-state index in [9.17, 15) is 24.3 Å². The van der Waals surface area contributed by atoms with Gasteiger partial charge in [0.2, 0.25) is 17.5 Å². The van der Waals surface area contributed by atoms with Crippen molar-refractivity contribution in [2.75, 3.05) is 20.8 Å². The van der Waals surface area contributed by atoms with Crippen molar-refractivity contribution in [3.63, 3.8) is 0 Å². The molecule has 0 spiro atoms. The number of ether oxygens (including phenoxy) is 2. The molecule has 2 amide bonds. The number of rotatable bonds is 7. The van der Waals surface area contributed by atoms with Gasteiger partial charge in [-0.15, -0.1) is 6.58 Å². The van der Waals surface area contributed by atoms with Crippen LogP contribution in [0.4, 0.5) is 0 Å². The summed E-state index contributed by atoms with van der Waals surface area (Å²) in [6.07, 6.45) is 8.05. The molecule has 0 unspecified atom stereocenters. The van der Waals surface area contributed by atoms with Gasteiger partial charge in [-0.2, -0.15) is 0 Å². The van der Waals surface area contributed by atoms with Crippen molar-refractivity contribution in [2.24, 2.45) is 23.5 Å². The van der Waals surface area contributed by atoms with Crippen LogP contribution >= 0.6 is 0 Å². The van der Waals surface area contributed by atoms with Crippen molar-refractivity contribution in [1.29, 1.82) is 0 Å². The van der Waals surface area contributed by atoms with Gasteiger partial charge in [-0.05, 0) is 32.6 Å². The molecule has 0 aromatic heterocycles. The minimum absolute atomic E-state index is 0.0174. The van der Waals surface area contributed by atoms with E-state index < -0.39 is 47.6 Å². The van der Waals surface area contributed by atoms with Crippen LogP contribution in [-0.4, -0.2) is 67.6 Å². The second-order valence-electron chi connectivity index (χ2n) is 11.0. The fourth-order valence-electron chi connectivity index (χ4n) is 5.26. The zero-order chi connectivity index (χ0) is 31.6. The van der Waals surface area contributed by atoms with Gasteiger partial charge in [0.05, 0.1) is 29.7 Å². The first-order valence-electron chi connectivity index (χ1n) is 14.1. The van der Waals surface area contributed by atoms with Crippen molar-refractivity contribution in [2.45, 2.75) is 65.3 Å². The number of carbonyl (C=O) groups excluding carboxylic acids is 4. The summed E-state index contributed by atoms with van der Waals surface area (Å²) in [5.41, 5.74) is 6.96. The number of aliphatic hydroxyl groups is 1. The van der Waals surface area contributed by atoms with Gasteiger partial charge >= 0.3 is 0 Å². The summed E-state index contributed by atoms with van der Waals surface area (Å²) in [5, 5.41) is 16.8. The maximum atomic E-state index is 13.6. The van der Waals surface area contributed by atoms with Crippen molar-refractivity contribution >= 4 is 23.4 Å². The lowest BCUT2D eigenvalue weighted by Gasteiger charge is -2.30. The third-order valence-corrected chi connectivity index (χ3v) is 7.63. The number of allylic oxidation sites excluding steroid dienone is 4. The molecule has 10 heteroatoms. The van der Waals surface area contributed by atoms with E-state index in [1.807, 2.05) is 26.8 Å². The van der Waals surface area contributed by atoms with Crippen LogP contribution in [0, 0.1) is 17.8 Å². The van der Waals surface area contributed by atoms with Crippen LogP contribution in [0.5, 0.6) is 0 Å². The Morgan fingerprint density at radius 3 is 2.50 bits per heavy atom. The molecular formula is C32H45N3O7. The van der Waals surface area contributed by atoms with Crippen LogP contribution in [0.2, 0.25) is 0 Å². The molecule has 1 aliphatic heterocycles. The van der Waals surface area contributed by atoms with Gasteiger partial charge < -0.3 is 30.9 Å². The standard InChI is InChI=1S/C32H45N3O7/c1-8-12-34-29-23-13-18(2)14-27(42-7)30(38)21(5)15-20(4)22(16-28(33)37)26(41-6)11-9-10-19(3)32(40)35-24(31(23)39)17-25(29)36/h8-11,15,17-18,21-22,26-27,30,34,38H,1,12-14,16H2,2-7H3,(H2,33,37)(H,35,40)/b11-9+,19-10-,20-15+/t18-,21+,22+,26+,27+,30-/m1/s1. The Morgan fingerprint density at radius 1 is 1.21 bits per heavy atom. The number of amides is 2. The SMILES string of the molecule is C=CCNC1=C2C[C@@H](C)C[C@H](OC)[C@H](O)[C@@H](C)/C=C(\C)[C@H](CC(N)=O)[C@@H](OC)/C=C/C=C(/C)C(=O)NC(=CC1=O)C2=O. The normalized spacial score (nSPS) is 31.7. The van der Waals surface area contributed by atoms with Gasteiger partial charge in [0.15, 0.2) is 0 Å². The Labute approximate surface area is 248 Å². The van der Waals surface area contributed by atoms with E-state index in [1.54, 1.807) is 31.2 Å². The van der Waals surface area contributed by atoms with E-state index in [-0.39, 0.29) is 53.8 Å². The Balaban J connectivity index is 2.62. The molecule has 2 aliphatic rings. The zero-order valence-corrected chi connectivity index (χ0v) is 25.4. The maximum absolute atomic E-state index is 13.6. The number of nitrogens with one attached hydrogen (secondary N) is 2. The van der Waals surface area contributed by atoms with E-state index in [1.165, 1.54) is 14.2 Å². The second-order valence-corrected chi connectivity index (χ2v) is 11.0. The van der Waals surface area contributed by atoms with Crippen molar-refractivity contribution in [1.82, 2.24) is 10.6 Å². The van der Waals surface area contributed by atoms with Crippen LogP contribution < -0.4 is 16.4 Å². The molecule has 0 saturated heterocycles. The van der Waals surface area contributed by atoms with Crippen LogP contribution in [0.3, 0.4) is 0 Å². The number of Topliss-reactive ketones (excluding diaryl/α,β-unsaturated/α-hetero) is 1. The van der Waals surface area contributed by atoms with Gasteiger partial charge in [-0.3, -0.25) is 19.2 Å². The summed E-state index contributed by atoms with van der Waals surface area (Å²) < 4.78 is 11.3. The third-order valence-electron chi connectivity index (χ3n) is 7.63. The van der Waals surface area contributed by atoms with Gasteiger partial charge in [0.25, 0.3) is 5.91 Å². The van der Waals surface area contributed by atoms with Crippen molar-refractivity contribution < 1.29 is 33.8 Å². The lowest BCUT2D eigenvalue weighted by Crippen LogP contribution is -2.37. The first-order valence-corrected chi connectivity index (χ1v) is 14.1. The number of hydrogen-bond acceptors (Lipinski definition) is 8. The highest BCUT2D eigenvalue weighted by Crippen LogP contribution is 2.29. The van der Waals surface area contributed by atoms with Crippen LogP contribution in [0.1, 0.15) is 47.0 Å². The molecule has 2 rings (SSSR count). The zero-order valence-electron chi connectivity index (χ0n) is 25.4. The summed E-state index contributed by atoms with van der Waals surface area (Å²) in [6, 6.07) is 0. The number of primary amides is 1. The molecular weight excluding hydrogens is 538 g/mol. The smallest absolute Gasteiger partial charge is 0.251 e. The van der Waals surface area contributed by atoms with E-state index >= 15 is 0 Å². The summed E-state index contributed by atoms with van der Waals surface area (Å²) in [5.74, 6) is -2.89. The molecule has 1 heterocycles. The van der Waals surface area contributed by atoms with Gasteiger partial charge in [-0.25, -0.2) is 0 Å². The molecule has 0 radical (unpaired) electrons. The van der Waals surface area contributed by atoms with E-state index in [2.05, 4.69) is 17.2 Å². The topological polar surface area (TPSA) is 157 Å². The molecule has 2 bridgehead atoms. The highest BCUT2D eigenvalue weighted by atomic mass is 16.5. The third kappa shape index (κ3) is 9.20. The molecule has 42 heavy (non-hydrogen) atoms. The van der Waals surface area contributed by atoms with E-state index in [4.69, 9.17) is 15.2 Å². The van der Waals surface area contributed by atoms with E-state index in [0.29, 0.717) is 6.42 Å². The number of ketones is 2. The van der Waals surface area contributed by atoms with Gasteiger partial charge in [0.1, 0.15) is 0 Å². The Bertz CT molecular complexity index is 1210. The largest absolute Gasteiger partial charge is 0.390 e. The molecule has 0 aromatic rings. The fraction of sp³-hybridized carbons (Fsp3) is 0.500. The number of methoxy groups -OCH3 is 2. The molecule has 230 valence electrons. The first kappa shape index (κ1) is 34.6. The second kappa shape index (κ2) is 16.1. The Hall–Kier alpha value is -3.60. The van der Waals surface area contributed by atoms with Gasteiger partial charge in [0, 0.05) is 56.2 Å². The first-order chi connectivity index (χ1) is 19.8. The highest BCUT2D eigenvalue weighted by molar-refractivity contribution is 6.23. The minimum atomic E-state index is -0.906. The Morgan fingerprint density at radius 2 is 1.90 bits per heavy atom. The average Bonchev–Trinajstić information content (AvgIpc) is 2.94. The lowest BCUT2D eigenvalue weighted by molar-refractivity contribution is -0.120. The summed E-state index contributed by atoms with van der Waals surface area (Å²) >= 11 is 0. The maximum Gasteiger partial charge on any atom is 0.251 e. The van der Waals surface area contributed by atoms with Crippen LogP contribution in [0.25, 0.3) is 0 Å². The van der Waals surface area contributed by atoms with Crippen LogP contribution in [-0.2, 0) is 28.7 Å². The monoisotopic (exact) mass is 583 g/mol. The predicted molar refractivity (Wildman–Crippen MR) is 161 cm³/mol. The number of carbonyl (C=O) groups is 4. The fourth-order valence-corrected chi connectivity index (χ4v) is 5.26. The van der Waals surface area contributed by atoms with Crippen molar-refractivity contribution in [3.05, 3.63) is 71.1 Å². The number of nitrogens with two attached hydrogens (primary N) is 1. The molecule has 0 fully saturated rings. The molecule has 6 atom stereocenters. The minimum Gasteiger partial charge on any atom is -0.390 e. The summed E-state index contributed by atoms with van der Waals surface area (Å²) in [6.45, 7) is 11.1. The summed E-state index contributed by atoms with van der Waals surface area (Å²) in [4.78, 5) is 51.5. The molecule has 1 aliphatic carbocycles. The number of aliphatic hydroxyl groups excluding tert-OH is 1. The predicted octanol–water partition coefficient (Wildman–Crippen LogP) is 2.57. The Kier molecular flexibility index (Phi) is 13.3.